The molecule has 35 heavy (non-hydrogen) atoms. The second-order valence-corrected chi connectivity index (χ2v) is 9.63. The van der Waals surface area contributed by atoms with Crippen molar-refractivity contribution in [3.63, 3.8) is 0 Å². The van der Waals surface area contributed by atoms with Crippen molar-refractivity contribution >= 4 is 28.8 Å². The number of fused-ring (bicyclic) bond motifs is 2. The van der Waals surface area contributed by atoms with E-state index < -0.39 is 18.1 Å². The Morgan fingerprint density at radius 1 is 1.06 bits per heavy atom. The molecule has 1 atom stereocenters. The van der Waals surface area contributed by atoms with E-state index in [-0.39, 0.29) is 18.2 Å². The number of H-pyrrole nitrogens is 1. The van der Waals surface area contributed by atoms with Crippen molar-refractivity contribution in [2.45, 2.75) is 51.0 Å². The highest BCUT2D eigenvalue weighted by Gasteiger charge is 2.39. The minimum Gasteiger partial charge on any atom is -0.346 e. The number of hydrogen-bond donors (Lipinski definition) is 2. The predicted octanol–water partition coefficient (Wildman–Crippen LogP) is 2.92. The predicted molar refractivity (Wildman–Crippen MR) is 127 cm³/mol. The van der Waals surface area contributed by atoms with Gasteiger partial charge in [0.2, 0.25) is 11.8 Å². The molecule has 1 unspecified atom stereocenters. The molecular weight excluding hydrogens is 449 g/mol. The van der Waals surface area contributed by atoms with E-state index in [9.17, 15) is 18.8 Å². The molecule has 8 nitrogen and oxygen atoms in total. The van der Waals surface area contributed by atoms with E-state index >= 15 is 0 Å². The van der Waals surface area contributed by atoms with E-state index in [4.69, 9.17) is 4.98 Å². The highest BCUT2D eigenvalue weighted by molar-refractivity contribution is 6.05. The number of benzene rings is 1. The standard InChI is InChI=1S/C26H26FN5O3/c27-18-6-9-31(10-7-18)13-17-12-21(29-24-19(17)5-8-28-24)15-1-2-20-16(11-15)14-32(26(20)35)22-3-4-23(33)30-25(22)34/h1-2,5,8,11-12,18,22H,3-4,6-7,9-10,13-14H2,(H,28,29)(H,30,33,34). The van der Waals surface area contributed by atoms with Crippen LogP contribution in [-0.2, 0) is 22.7 Å². The number of halogens is 1. The second kappa shape index (κ2) is 8.57. The Bertz CT molecular complexity index is 1340. The molecule has 0 saturated carbocycles. The van der Waals surface area contributed by atoms with Gasteiger partial charge in [0.1, 0.15) is 17.9 Å². The van der Waals surface area contributed by atoms with Gasteiger partial charge in [0.25, 0.3) is 5.91 Å². The molecule has 3 aliphatic heterocycles. The van der Waals surface area contributed by atoms with Crippen LogP contribution in [0, 0.1) is 0 Å². The lowest BCUT2D eigenvalue weighted by molar-refractivity contribution is -0.136. The Morgan fingerprint density at radius 3 is 2.69 bits per heavy atom. The third-order valence-corrected chi connectivity index (χ3v) is 7.34. The topological polar surface area (TPSA) is 98.4 Å². The fraction of sp³-hybridized carbons (Fsp3) is 0.385. The molecule has 180 valence electrons. The van der Waals surface area contributed by atoms with Crippen molar-refractivity contribution in [2.24, 2.45) is 0 Å². The zero-order valence-corrected chi connectivity index (χ0v) is 19.2. The molecule has 1 aromatic carbocycles. The zero-order chi connectivity index (χ0) is 24.1. The molecule has 6 rings (SSSR count). The third-order valence-electron chi connectivity index (χ3n) is 7.34. The number of aromatic amines is 1. The minimum absolute atomic E-state index is 0.189. The van der Waals surface area contributed by atoms with Crippen molar-refractivity contribution in [3.8, 4) is 11.3 Å². The largest absolute Gasteiger partial charge is 0.346 e. The molecule has 2 aromatic heterocycles. The molecular formula is C26H26FN5O3. The first-order chi connectivity index (χ1) is 17.0. The Balaban J connectivity index is 1.29. The number of piperidine rings is 2. The molecule has 3 aliphatic rings. The van der Waals surface area contributed by atoms with E-state index in [2.05, 4.69) is 21.3 Å². The monoisotopic (exact) mass is 475 g/mol. The molecule has 3 amide bonds. The smallest absolute Gasteiger partial charge is 0.255 e. The average molecular weight is 476 g/mol. The van der Waals surface area contributed by atoms with Gasteiger partial charge >= 0.3 is 0 Å². The Hall–Kier alpha value is -3.59. The van der Waals surface area contributed by atoms with E-state index in [1.165, 1.54) is 0 Å². The number of alkyl halides is 1. The van der Waals surface area contributed by atoms with Crippen molar-refractivity contribution in [1.29, 1.82) is 0 Å². The molecule has 2 saturated heterocycles. The molecule has 2 N–H and O–H groups in total. The number of nitrogens with zero attached hydrogens (tertiary/aromatic N) is 3. The summed E-state index contributed by atoms with van der Waals surface area (Å²) in [5, 5.41) is 3.39. The van der Waals surface area contributed by atoms with Crippen LogP contribution in [0.3, 0.4) is 0 Å². The van der Waals surface area contributed by atoms with E-state index in [1.54, 1.807) is 11.0 Å². The fourth-order valence-corrected chi connectivity index (χ4v) is 5.42. The first-order valence-corrected chi connectivity index (χ1v) is 12.1. The number of carbonyl (C=O) groups excluding carboxylic acids is 3. The van der Waals surface area contributed by atoms with Gasteiger partial charge in [-0.15, -0.1) is 0 Å². The summed E-state index contributed by atoms with van der Waals surface area (Å²) in [5.41, 5.74) is 5.03. The lowest BCUT2D eigenvalue weighted by atomic mass is 10.0. The maximum Gasteiger partial charge on any atom is 0.255 e. The maximum atomic E-state index is 13.6. The number of aromatic nitrogens is 2. The van der Waals surface area contributed by atoms with Crippen LogP contribution in [0.4, 0.5) is 4.39 Å². The van der Waals surface area contributed by atoms with Crippen LogP contribution in [0.1, 0.15) is 47.2 Å². The third kappa shape index (κ3) is 3.99. The van der Waals surface area contributed by atoms with Gasteiger partial charge in [0.15, 0.2) is 0 Å². The summed E-state index contributed by atoms with van der Waals surface area (Å²) in [5.74, 6) is -0.901. The number of likely N-dealkylation sites (tertiary alicyclic amines) is 1. The summed E-state index contributed by atoms with van der Waals surface area (Å²) in [4.78, 5) is 48.7. The molecule has 0 bridgehead atoms. The summed E-state index contributed by atoms with van der Waals surface area (Å²) >= 11 is 0. The summed E-state index contributed by atoms with van der Waals surface area (Å²) in [6, 6.07) is 9.11. The lowest BCUT2D eigenvalue weighted by Crippen LogP contribution is -2.52. The number of carbonyl (C=O) groups is 3. The Kier molecular flexibility index (Phi) is 5.36. The number of hydrogen-bond acceptors (Lipinski definition) is 5. The van der Waals surface area contributed by atoms with E-state index in [1.807, 2.05) is 24.4 Å². The van der Waals surface area contributed by atoms with E-state index in [0.29, 0.717) is 31.4 Å². The highest BCUT2D eigenvalue weighted by atomic mass is 19.1. The summed E-state index contributed by atoms with van der Waals surface area (Å²) in [6.45, 7) is 2.52. The normalized spacial score (nSPS) is 21.6. The number of nitrogens with one attached hydrogen (secondary N) is 2. The SMILES string of the molecule is O=C1CCC(N2Cc3cc(-c4cc(CN5CCC(F)CC5)c5cc[nH]c5n4)ccc3C2=O)C(=O)N1. The van der Waals surface area contributed by atoms with Crippen molar-refractivity contribution < 1.29 is 18.8 Å². The van der Waals surface area contributed by atoms with Gasteiger partial charge < -0.3 is 9.88 Å². The first kappa shape index (κ1) is 21.9. The van der Waals surface area contributed by atoms with Crippen LogP contribution >= 0.6 is 0 Å². The van der Waals surface area contributed by atoms with Gasteiger partial charge in [-0.05, 0) is 54.7 Å². The van der Waals surface area contributed by atoms with Crippen LogP contribution in [0.5, 0.6) is 0 Å². The van der Waals surface area contributed by atoms with Crippen LogP contribution in [-0.4, -0.2) is 62.8 Å². The minimum atomic E-state index is -0.708. The van der Waals surface area contributed by atoms with Crippen LogP contribution in [0.25, 0.3) is 22.3 Å². The summed E-state index contributed by atoms with van der Waals surface area (Å²) < 4.78 is 13.6. The van der Waals surface area contributed by atoms with Crippen LogP contribution in [0.15, 0.2) is 36.5 Å². The Labute approximate surface area is 201 Å². The van der Waals surface area contributed by atoms with Gasteiger partial charge in [0.05, 0.1) is 5.69 Å². The Morgan fingerprint density at radius 2 is 1.89 bits per heavy atom. The second-order valence-electron chi connectivity index (χ2n) is 9.63. The quantitative estimate of drug-likeness (QED) is 0.566. The van der Waals surface area contributed by atoms with Crippen LogP contribution in [0.2, 0.25) is 0 Å². The number of imide groups is 1. The number of rotatable bonds is 4. The molecule has 0 spiro atoms. The summed E-state index contributed by atoms with van der Waals surface area (Å²) in [6.07, 6.45) is 2.87. The number of pyridine rings is 1. The molecule has 0 radical (unpaired) electrons. The van der Waals surface area contributed by atoms with Crippen LogP contribution < -0.4 is 5.32 Å². The van der Waals surface area contributed by atoms with E-state index in [0.717, 1.165) is 53.1 Å². The molecule has 5 heterocycles. The van der Waals surface area contributed by atoms with Crippen molar-refractivity contribution in [2.75, 3.05) is 13.1 Å². The van der Waals surface area contributed by atoms with Gasteiger partial charge in [-0.1, -0.05) is 6.07 Å². The number of amides is 3. The lowest BCUT2D eigenvalue weighted by Gasteiger charge is -2.29. The zero-order valence-electron chi connectivity index (χ0n) is 19.2. The van der Waals surface area contributed by atoms with Gasteiger partial charge in [-0.3, -0.25) is 24.6 Å². The average Bonchev–Trinajstić information content (AvgIpc) is 3.45. The first-order valence-electron chi connectivity index (χ1n) is 12.1. The fourth-order valence-electron chi connectivity index (χ4n) is 5.42. The summed E-state index contributed by atoms with van der Waals surface area (Å²) in [7, 11) is 0. The molecule has 9 heteroatoms. The molecule has 3 aromatic rings. The van der Waals surface area contributed by atoms with Crippen molar-refractivity contribution in [3.05, 3.63) is 53.2 Å². The molecule has 0 aliphatic carbocycles. The van der Waals surface area contributed by atoms with Gasteiger partial charge in [-0.2, -0.15) is 0 Å². The van der Waals surface area contributed by atoms with Gasteiger partial charge in [-0.25, -0.2) is 9.37 Å². The van der Waals surface area contributed by atoms with Crippen molar-refractivity contribution in [1.82, 2.24) is 25.1 Å². The maximum absolute atomic E-state index is 13.6. The van der Waals surface area contributed by atoms with Gasteiger partial charge in [0, 0.05) is 55.3 Å². The molecule has 2 fully saturated rings. The highest BCUT2D eigenvalue weighted by Crippen LogP contribution is 2.32.